The van der Waals surface area contributed by atoms with Crippen molar-refractivity contribution in [3.8, 4) is 22.9 Å². The first-order valence-corrected chi connectivity index (χ1v) is 14.3. The zero-order valence-electron chi connectivity index (χ0n) is 26.3. The Kier molecular flexibility index (Phi) is 11.5. The van der Waals surface area contributed by atoms with Crippen LogP contribution >= 0.6 is 0 Å². The number of aromatic nitrogens is 4. The molecule has 0 bridgehead atoms. The average Bonchev–Trinajstić information content (AvgIpc) is 3.56. The zero-order valence-corrected chi connectivity index (χ0v) is 27.4. The summed E-state index contributed by atoms with van der Waals surface area (Å²) in [5.74, 6) is -1.06. The van der Waals surface area contributed by atoms with Crippen LogP contribution in [0.5, 0.6) is 11.5 Å². The van der Waals surface area contributed by atoms with Crippen molar-refractivity contribution in [1.29, 1.82) is 0 Å². The number of benzene rings is 4. The minimum atomic E-state index is -0.643. The first-order valence-electron chi connectivity index (χ1n) is 14.3. The summed E-state index contributed by atoms with van der Waals surface area (Å²) in [6, 6.07) is 23.8. The molecule has 0 saturated heterocycles. The summed E-state index contributed by atoms with van der Waals surface area (Å²) >= 11 is 0. The van der Waals surface area contributed by atoms with Gasteiger partial charge in [-0.15, -0.1) is 21.6 Å². The van der Waals surface area contributed by atoms with E-state index in [9.17, 15) is 40.0 Å². The average molecular weight is 734 g/mol. The second kappa shape index (κ2) is 15.9. The van der Waals surface area contributed by atoms with Gasteiger partial charge in [-0.2, -0.15) is 10.2 Å². The number of para-hydroxylation sites is 2. The van der Waals surface area contributed by atoms with Crippen molar-refractivity contribution in [2.45, 2.75) is 13.8 Å². The van der Waals surface area contributed by atoms with Crippen molar-refractivity contribution < 1.29 is 36.8 Å². The molecule has 0 saturated carbocycles. The van der Waals surface area contributed by atoms with Crippen LogP contribution in [-0.4, -0.2) is 19.2 Å². The fourth-order valence-electron chi connectivity index (χ4n) is 4.32. The van der Waals surface area contributed by atoms with Crippen LogP contribution in [0.25, 0.3) is 11.4 Å². The van der Waals surface area contributed by atoms with Gasteiger partial charge in [0.15, 0.2) is 0 Å². The number of hydrogen-bond donors (Lipinski definition) is 0. The van der Waals surface area contributed by atoms with E-state index in [-0.39, 0.29) is 50.9 Å². The summed E-state index contributed by atoms with van der Waals surface area (Å²) in [4.78, 5) is 45.1. The van der Waals surface area contributed by atoms with E-state index in [1.807, 2.05) is 12.1 Å². The molecule has 0 N–H and O–H groups in total. The normalized spacial score (nSPS) is 10.9. The summed E-state index contributed by atoms with van der Waals surface area (Å²) in [6.45, 7) is 3.17. The monoisotopic (exact) mass is 733 g/mol. The van der Waals surface area contributed by atoms with Crippen molar-refractivity contribution >= 4 is 34.1 Å². The minimum absolute atomic E-state index is 0. The number of nitro benzene ring substituents is 2. The van der Waals surface area contributed by atoms with Gasteiger partial charge in [0.05, 0.1) is 21.2 Å². The molecule has 18 nitrogen and oxygen atoms in total. The van der Waals surface area contributed by atoms with Crippen molar-refractivity contribution in [3.05, 3.63) is 149 Å². The maximum absolute atomic E-state index is 12.4. The van der Waals surface area contributed by atoms with Crippen LogP contribution in [0.3, 0.4) is 0 Å². The van der Waals surface area contributed by atoms with Gasteiger partial charge in [-0.05, 0) is 24.3 Å². The van der Waals surface area contributed by atoms with Crippen molar-refractivity contribution in [1.82, 2.24) is 19.6 Å². The van der Waals surface area contributed by atoms with Gasteiger partial charge in [0.2, 0.25) is 0 Å². The number of hydrogen-bond acceptors (Lipinski definition) is 12. The zero-order chi connectivity index (χ0) is 35.9. The molecule has 2 heterocycles. The van der Waals surface area contributed by atoms with Crippen LogP contribution in [-0.2, 0) is 16.8 Å². The fraction of sp³-hybridized carbons (Fsp3) is 0.0625. The molecule has 0 aliphatic carbocycles. The van der Waals surface area contributed by atoms with Gasteiger partial charge in [0.1, 0.15) is 11.4 Å². The third-order valence-electron chi connectivity index (χ3n) is 6.80. The summed E-state index contributed by atoms with van der Waals surface area (Å²) in [5.41, 5.74) is -0.277. The van der Waals surface area contributed by atoms with E-state index in [0.717, 1.165) is 36.4 Å². The number of rotatable bonds is 8. The standard InChI is InChI=1S/2C16H13N5O4.Co/c2*1-10-15(16(23)20(19-10)11-5-3-2-4-6-11)18-17-13-9-12(21(24)25)7-8-14(13)22;/h2*2-9H,1H3,(H2,17,18,19,22,23);/q;;+3/p-4. The van der Waals surface area contributed by atoms with Crippen LogP contribution in [0.15, 0.2) is 127 Å². The first-order chi connectivity index (χ1) is 23.9. The Morgan fingerprint density at radius 2 is 0.922 bits per heavy atom. The fourth-order valence-corrected chi connectivity index (χ4v) is 4.32. The molecule has 0 fully saturated rings. The van der Waals surface area contributed by atoms with Crippen LogP contribution in [0.4, 0.5) is 34.1 Å². The van der Waals surface area contributed by atoms with Gasteiger partial charge in [-0.3, -0.25) is 29.8 Å². The molecule has 0 unspecified atom stereocenters. The van der Waals surface area contributed by atoms with Crippen molar-refractivity contribution in [2.75, 3.05) is 0 Å². The molecule has 0 atom stereocenters. The third kappa shape index (κ3) is 8.36. The molecule has 0 aliphatic heterocycles. The number of nitro groups is 2. The summed E-state index contributed by atoms with van der Waals surface area (Å²) in [6.07, 6.45) is 0. The van der Waals surface area contributed by atoms with Crippen LogP contribution in [0.1, 0.15) is 11.4 Å². The summed E-state index contributed by atoms with van der Waals surface area (Å²) in [7, 11) is 0. The van der Waals surface area contributed by atoms with Crippen LogP contribution in [0.2, 0.25) is 0 Å². The molecule has 51 heavy (non-hydrogen) atoms. The topological polar surface area (TPSA) is 254 Å². The first kappa shape index (κ1) is 36.8. The summed E-state index contributed by atoms with van der Waals surface area (Å²) < 4.78 is 2.35. The van der Waals surface area contributed by atoms with E-state index in [1.165, 1.54) is 9.36 Å². The molecule has 2 aromatic heterocycles. The molecular weight excluding hydrogens is 711 g/mol. The minimum Gasteiger partial charge on any atom is -0.871 e. The molecule has 0 aliphatic rings. The number of nitrogens with zero attached hydrogens (tertiary/aromatic N) is 10. The third-order valence-corrected chi connectivity index (χ3v) is 6.80. The molecule has 4 aromatic carbocycles. The predicted molar refractivity (Wildman–Crippen MR) is 174 cm³/mol. The SMILES string of the molecule is Cc1[n-]n(-c2ccccc2)c(=O)c1N=Nc1cc([N+](=O)[O-])ccc1[O-].Cc1[n-]n(-c2ccccc2)c(=O)c1N=Nc1cc([N+](=O)[O-])ccc1[O-].[Co+3]. The van der Waals surface area contributed by atoms with Crippen molar-refractivity contribution in [3.63, 3.8) is 0 Å². The Morgan fingerprint density at radius 3 is 1.25 bits per heavy atom. The van der Waals surface area contributed by atoms with E-state index in [2.05, 4.69) is 30.7 Å². The van der Waals surface area contributed by atoms with E-state index in [4.69, 9.17) is 0 Å². The van der Waals surface area contributed by atoms with Gasteiger partial charge in [-0.25, -0.2) is 0 Å². The van der Waals surface area contributed by atoms with E-state index in [0.29, 0.717) is 22.8 Å². The van der Waals surface area contributed by atoms with Crippen molar-refractivity contribution in [2.24, 2.45) is 20.5 Å². The van der Waals surface area contributed by atoms with Crippen LogP contribution < -0.4 is 31.5 Å². The molecule has 258 valence electrons. The van der Waals surface area contributed by atoms with E-state index >= 15 is 0 Å². The molecule has 19 heteroatoms. The molecule has 0 spiro atoms. The number of aryl methyl sites for hydroxylation is 2. The Hall–Kier alpha value is -6.99. The molecule has 0 amide bonds. The van der Waals surface area contributed by atoms with E-state index < -0.39 is 32.5 Å². The Balaban J connectivity index is 0.000000224. The van der Waals surface area contributed by atoms with Gasteiger partial charge < -0.3 is 29.8 Å². The Morgan fingerprint density at radius 1 is 0.569 bits per heavy atom. The number of azo groups is 2. The van der Waals surface area contributed by atoms with Gasteiger partial charge in [0, 0.05) is 35.6 Å². The van der Waals surface area contributed by atoms with Gasteiger partial charge in [0.25, 0.3) is 22.5 Å². The van der Waals surface area contributed by atoms with E-state index in [1.54, 1.807) is 62.4 Å². The predicted octanol–water partition coefficient (Wildman–Crippen LogP) is 5.00. The van der Waals surface area contributed by atoms with Gasteiger partial charge in [-0.1, -0.05) is 73.9 Å². The van der Waals surface area contributed by atoms with Gasteiger partial charge >= 0.3 is 16.8 Å². The molecule has 6 rings (SSSR count). The molecule has 6 aromatic rings. The Bertz CT molecular complexity index is 2220. The maximum Gasteiger partial charge on any atom is 3.00 e. The second-order valence-electron chi connectivity index (χ2n) is 10.2. The molecular formula is C32H22CoN10O8-. The summed E-state index contributed by atoms with van der Waals surface area (Å²) in [5, 5.41) is 68.3. The largest absolute Gasteiger partial charge is 3.00 e. The maximum atomic E-state index is 12.4. The Labute approximate surface area is 296 Å². The molecule has 0 radical (unpaired) electrons. The number of non-ortho nitro benzene ring substituents is 2. The second-order valence-corrected chi connectivity index (χ2v) is 10.2. The smallest absolute Gasteiger partial charge is 0.871 e. The van der Waals surface area contributed by atoms with Crippen LogP contribution in [0, 0.1) is 34.1 Å². The quantitative estimate of drug-likeness (QED) is 0.115.